The summed E-state index contributed by atoms with van der Waals surface area (Å²) in [4.78, 5) is 2.51. The van der Waals surface area contributed by atoms with Crippen LogP contribution in [-0.2, 0) is 4.74 Å². The smallest absolute Gasteiger partial charge is 0.0628 e. The second-order valence-electron chi connectivity index (χ2n) is 6.04. The number of piperidine rings is 1. The van der Waals surface area contributed by atoms with Gasteiger partial charge >= 0.3 is 0 Å². The molecular weight excluding hydrogens is 228 g/mol. The van der Waals surface area contributed by atoms with Crippen LogP contribution >= 0.6 is 0 Å². The van der Waals surface area contributed by atoms with E-state index in [9.17, 15) is 5.11 Å². The van der Waals surface area contributed by atoms with Crippen molar-refractivity contribution in [2.75, 3.05) is 33.9 Å². The van der Waals surface area contributed by atoms with Crippen LogP contribution in [0.15, 0.2) is 0 Å². The number of nitrogens with one attached hydrogen (secondary N) is 1. The van der Waals surface area contributed by atoms with Crippen LogP contribution in [0.4, 0.5) is 0 Å². The molecular formula is C14H28N2O2. The minimum atomic E-state index is -0.0891. The molecule has 4 nitrogen and oxygen atoms in total. The molecule has 1 aliphatic heterocycles. The highest BCUT2D eigenvalue weighted by Crippen LogP contribution is 2.40. The van der Waals surface area contributed by atoms with E-state index in [4.69, 9.17) is 4.74 Å². The third kappa shape index (κ3) is 2.87. The van der Waals surface area contributed by atoms with Crippen molar-refractivity contribution in [1.82, 2.24) is 10.2 Å². The molecule has 106 valence electrons. The van der Waals surface area contributed by atoms with Crippen molar-refractivity contribution in [3.05, 3.63) is 0 Å². The number of methoxy groups -OCH3 is 1. The Morgan fingerprint density at radius 2 is 2.11 bits per heavy atom. The zero-order valence-electron chi connectivity index (χ0n) is 12.0. The Labute approximate surface area is 111 Å². The number of likely N-dealkylation sites (N-methyl/N-ethyl adjacent to an activating group) is 1. The van der Waals surface area contributed by atoms with Gasteiger partial charge in [-0.15, -0.1) is 0 Å². The molecule has 18 heavy (non-hydrogen) atoms. The maximum absolute atomic E-state index is 9.79. The molecule has 1 saturated carbocycles. The minimum Gasteiger partial charge on any atom is -0.394 e. The summed E-state index contributed by atoms with van der Waals surface area (Å²) in [6.45, 7) is 4.55. The summed E-state index contributed by atoms with van der Waals surface area (Å²) in [6, 6.07) is 0.543. The lowest BCUT2D eigenvalue weighted by Crippen LogP contribution is -2.59. The number of ether oxygens (including phenoxy) is 1. The van der Waals surface area contributed by atoms with Gasteiger partial charge in [0.1, 0.15) is 0 Å². The van der Waals surface area contributed by atoms with E-state index < -0.39 is 0 Å². The molecule has 1 saturated heterocycles. The van der Waals surface area contributed by atoms with E-state index in [0.717, 1.165) is 25.9 Å². The lowest BCUT2D eigenvalue weighted by atomic mass is 9.90. The topological polar surface area (TPSA) is 44.7 Å². The van der Waals surface area contributed by atoms with Crippen molar-refractivity contribution in [2.24, 2.45) is 5.92 Å². The van der Waals surface area contributed by atoms with Crippen molar-refractivity contribution < 1.29 is 9.84 Å². The molecule has 1 aliphatic carbocycles. The van der Waals surface area contributed by atoms with E-state index in [1.54, 1.807) is 0 Å². The summed E-state index contributed by atoms with van der Waals surface area (Å²) >= 11 is 0. The van der Waals surface area contributed by atoms with Crippen molar-refractivity contribution in [1.29, 1.82) is 0 Å². The van der Waals surface area contributed by atoms with Gasteiger partial charge in [-0.25, -0.2) is 0 Å². The van der Waals surface area contributed by atoms with Gasteiger partial charge in [-0.05, 0) is 45.6 Å². The predicted molar refractivity (Wildman–Crippen MR) is 72.7 cm³/mol. The van der Waals surface area contributed by atoms with Crippen molar-refractivity contribution in [3.63, 3.8) is 0 Å². The molecule has 1 heterocycles. The fourth-order valence-electron chi connectivity index (χ4n) is 3.30. The van der Waals surface area contributed by atoms with Crippen LogP contribution in [0.3, 0.4) is 0 Å². The molecule has 0 spiro atoms. The number of hydrogen-bond donors (Lipinski definition) is 2. The average molecular weight is 256 g/mol. The monoisotopic (exact) mass is 256 g/mol. The lowest BCUT2D eigenvalue weighted by Gasteiger charge is -2.43. The zero-order chi connectivity index (χ0) is 13.2. The summed E-state index contributed by atoms with van der Waals surface area (Å²) in [5.41, 5.74) is -0.0891. The number of nitrogens with zero attached hydrogens (tertiary/aromatic N) is 1. The maximum Gasteiger partial charge on any atom is 0.0628 e. The third-order valence-corrected chi connectivity index (χ3v) is 4.92. The summed E-state index contributed by atoms with van der Waals surface area (Å²) in [7, 11) is 3.80. The van der Waals surface area contributed by atoms with Crippen LogP contribution in [0.25, 0.3) is 0 Å². The third-order valence-electron chi connectivity index (χ3n) is 4.92. The molecule has 3 unspecified atom stereocenters. The molecule has 0 aromatic carbocycles. The average Bonchev–Trinajstić information content (AvgIpc) is 3.22. The molecule has 0 aromatic heterocycles. The first kappa shape index (κ1) is 14.3. The molecule has 0 bridgehead atoms. The fraction of sp³-hybridized carbons (Fsp3) is 1.00. The molecule has 0 amide bonds. The van der Waals surface area contributed by atoms with Crippen LogP contribution in [0, 0.1) is 5.92 Å². The molecule has 2 N–H and O–H groups in total. The summed E-state index contributed by atoms with van der Waals surface area (Å²) in [5.74, 6) is 0.653. The number of aliphatic hydroxyl groups is 1. The predicted octanol–water partition coefficient (Wildman–Crippen LogP) is 0.846. The van der Waals surface area contributed by atoms with Crippen LogP contribution in [0.2, 0.25) is 0 Å². The first-order valence-electron chi connectivity index (χ1n) is 7.22. The first-order valence-corrected chi connectivity index (χ1v) is 7.22. The highest BCUT2D eigenvalue weighted by atomic mass is 16.5. The van der Waals surface area contributed by atoms with Gasteiger partial charge in [0.25, 0.3) is 0 Å². The van der Waals surface area contributed by atoms with Gasteiger partial charge in [0.15, 0.2) is 0 Å². The molecule has 4 heteroatoms. The van der Waals surface area contributed by atoms with Crippen LogP contribution in [0.1, 0.15) is 32.6 Å². The maximum atomic E-state index is 9.79. The van der Waals surface area contributed by atoms with Gasteiger partial charge in [0, 0.05) is 26.2 Å². The highest BCUT2D eigenvalue weighted by molar-refractivity contribution is 5.03. The Balaban J connectivity index is 1.95. The van der Waals surface area contributed by atoms with Gasteiger partial charge < -0.3 is 15.2 Å². The van der Waals surface area contributed by atoms with Crippen molar-refractivity contribution in [3.8, 4) is 0 Å². The minimum absolute atomic E-state index is 0.0891. The van der Waals surface area contributed by atoms with Crippen LogP contribution < -0.4 is 5.32 Å². The first-order chi connectivity index (χ1) is 8.65. The van der Waals surface area contributed by atoms with Crippen molar-refractivity contribution in [2.45, 2.75) is 50.3 Å². The Bertz CT molecular complexity index is 265. The normalized spacial score (nSPS) is 33.3. The molecule has 2 rings (SSSR count). The Morgan fingerprint density at radius 1 is 1.39 bits per heavy atom. The quantitative estimate of drug-likeness (QED) is 0.739. The van der Waals surface area contributed by atoms with E-state index in [2.05, 4.69) is 17.1 Å². The van der Waals surface area contributed by atoms with E-state index >= 15 is 0 Å². The molecule has 2 fully saturated rings. The second kappa shape index (κ2) is 5.87. The van der Waals surface area contributed by atoms with E-state index in [1.807, 2.05) is 14.2 Å². The highest BCUT2D eigenvalue weighted by Gasteiger charge is 2.45. The van der Waals surface area contributed by atoms with Crippen LogP contribution in [0.5, 0.6) is 0 Å². The lowest BCUT2D eigenvalue weighted by molar-refractivity contribution is -0.00403. The van der Waals surface area contributed by atoms with E-state index in [1.165, 1.54) is 12.8 Å². The van der Waals surface area contributed by atoms with Gasteiger partial charge in [-0.3, -0.25) is 4.90 Å². The Hall–Kier alpha value is -0.160. The zero-order valence-corrected chi connectivity index (χ0v) is 12.0. The van der Waals surface area contributed by atoms with E-state index in [0.29, 0.717) is 18.1 Å². The number of hydrogen-bond acceptors (Lipinski definition) is 4. The molecule has 3 atom stereocenters. The molecule has 0 radical (unpaired) electrons. The van der Waals surface area contributed by atoms with Gasteiger partial charge in [-0.1, -0.05) is 0 Å². The van der Waals surface area contributed by atoms with Gasteiger partial charge in [-0.2, -0.15) is 0 Å². The van der Waals surface area contributed by atoms with Crippen molar-refractivity contribution >= 4 is 0 Å². The Morgan fingerprint density at radius 3 is 2.56 bits per heavy atom. The number of aliphatic hydroxyl groups excluding tert-OH is 1. The molecule has 0 aromatic rings. The number of likely N-dealkylation sites (tertiary alicyclic amines) is 1. The Kier molecular flexibility index (Phi) is 4.64. The van der Waals surface area contributed by atoms with Gasteiger partial charge in [0.05, 0.1) is 18.2 Å². The SMILES string of the molecule is CNC(CO)(CN1CCC(OC)CC1C)C1CC1. The van der Waals surface area contributed by atoms with Crippen LogP contribution in [-0.4, -0.2) is 61.5 Å². The molecule has 2 aliphatic rings. The standard InChI is InChI=1S/C14H28N2O2/c1-11-8-13(18-3)6-7-16(11)9-14(10-17,15-2)12-4-5-12/h11-13,15,17H,4-10H2,1-3H3. The largest absolute Gasteiger partial charge is 0.394 e. The summed E-state index contributed by atoms with van der Waals surface area (Å²) in [6.07, 6.45) is 5.13. The second-order valence-corrected chi connectivity index (χ2v) is 6.04. The summed E-state index contributed by atoms with van der Waals surface area (Å²) < 4.78 is 5.46. The van der Waals surface area contributed by atoms with E-state index in [-0.39, 0.29) is 12.1 Å². The van der Waals surface area contributed by atoms with Gasteiger partial charge in [0.2, 0.25) is 0 Å². The summed E-state index contributed by atoms with van der Waals surface area (Å²) in [5, 5.41) is 13.2. The number of rotatable bonds is 6. The fourth-order valence-corrected chi connectivity index (χ4v) is 3.30.